The van der Waals surface area contributed by atoms with E-state index in [1.165, 1.54) is 58.4 Å². The average molecular weight is 249 g/mol. The molecular weight excluding hydrogens is 220 g/mol. The summed E-state index contributed by atoms with van der Waals surface area (Å²) < 4.78 is 0. The minimum absolute atomic E-state index is 0. The van der Waals surface area contributed by atoms with Crippen molar-refractivity contribution < 1.29 is 0 Å². The van der Waals surface area contributed by atoms with Crippen LogP contribution in [0.25, 0.3) is 0 Å². The molecule has 0 amide bonds. The van der Waals surface area contributed by atoms with Crippen LogP contribution in [-0.4, -0.2) is 37.6 Å². The second-order valence-electron chi connectivity index (χ2n) is 4.94. The van der Waals surface area contributed by atoms with Gasteiger partial charge in [-0.1, -0.05) is 20.8 Å². The van der Waals surface area contributed by atoms with Crippen LogP contribution in [0.4, 0.5) is 0 Å². The largest absolute Gasteiger partial charge is 0.315 e. The number of hydrogen-bond acceptors (Lipinski definition) is 2. The van der Waals surface area contributed by atoms with Crippen molar-refractivity contribution >= 4 is 12.4 Å². The lowest BCUT2D eigenvalue weighted by Crippen LogP contribution is -2.38. The highest BCUT2D eigenvalue weighted by Gasteiger charge is 2.26. The molecule has 0 aliphatic carbocycles. The summed E-state index contributed by atoms with van der Waals surface area (Å²) >= 11 is 0. The third kappa shape index (κ3) is 4.60. The second-order valence-corrected chi connectivity index (χ2v) is 4.94. The molecular formula is C13H29ClN2. The van der Waals surface area contributed by atoms with Gasteiger partial charge in [0.05, 0.1) is 0 Å². The first kappa shape index (κ1) is 16.2. The van der Waals surface area contributed by atoms with E-state index in [1.807, 2.05) is 0 Å². The van der Waals surface area contributed by atoms with Gasteiger partial charge in [0.2, 0.25) is 0 Å². The Labute approximate surface area is 108 Å². The van der Waals surface area contributed by atoms with Crippen molar-refractivity contribution in [2.75, 3.05) is 32.7 Å². The van der Waals surface area contributed by atoms with E-state index in [9.17, 15) is 0 Å². The van der Waals surface area contributed by atoms with Crippen LogP contribution >= 0.6 is 12.4 Å². The van der Waals surface area contributed by atoms with Crippen molar-refractivity contribution in [2.45, 2.75) is 46.5 Å². The van der Waals surface area contributed by atoms with Gasteiger partial charge in [0.1, 0.15) is 0 Å². The lowest BCUT2D eigenvalue weighted by molar-refractivity contribution is 0.138. The molecule has 0 saturated carbocycles. The maximum absolute atomic E-state index is 3.48. The molecule has 0 aromatic heterocycles. The first-order valence-corrected chi connectivity index (χ1v) is 6.69. The molecule has 2 nitrogen and oxygen atoms in total. The number of halogens is 1. The Balaban J connectivity index is 0.00000225. The summed E-state index contributed by atoms with van der Waals surface area (Å²) in [5.74, 6) is 0. The Hall–Kier alpha value is 0.210. The van der Waals surface area contributed by atoms with Crippen LogP contribution in [0.2, 0.25) is 0 Å². The normalized spacial score (nSPS) is 18.9. The van der Waals surface area contributed by atoms with Crippen LogP contribution in [0, 0.1) is 5.41 Å². The zero-order chi connectivity index (χ0) is 11.1. The fraction of sp³-hybridized carbons (Fsp3) is 1.00. The summed E-state index contributed by atoms with van der Waals surface area (Å²) in [5, 5.41) is 3.48. The number of nitrogens with one attached hydrogen (secondary N) is 1. The second kappa shape index (κ2) is 8.32. The predicted molar refractivity (Wildman–Crippen MR) is 74.5 cm³/mol. The van der Waals surface area contributed by atoms with Gasteiger partial charge < -0.3 is 10.2 Å². The van der Waals surface area contributed by atoms with Crippen molar-refractivity contribution in [3.8, 4) is 0 Å². The van der Waals surface area contributed by atoms with Gasteiger partial charge in [-0.05, 0) is 44.2 Å². The maximum Gasteiger partial charge on any atom is 0.0107 e. The molecule has 1 rings (SSSR count). The summed E-state index contributed by atoms with van der Waals surface area (Å²) in [6.07, 6.45) is 5.28. The lowest BCUT2D eigenvalue weighted by Gasteiger charge is -2.36. The first-order chi connectivity index (χ1) is 7.26. The zero-order valence-corrected chi connectivity index (χ0v) is 12.0. The molecule has 1 heterocycles. The molecule has 98 valence electrons. The molecule has 0 spiro atoms. The highest BCUT2D eigenvalue weighted by atomic mass is 35.5. The summed E-state index contributed by atoms with van der Waals surface area (Å²) in [4.78, 5) is 2.66. The molecule has 0 bridgehead atoms. The van der Waals surface area contributed by atoms with Crippen LogP contribution in [0.1, 0.15) is 46.5 Å². The van der Waals surface area contributed by atoms with Crippen molar-refractivity contribution in [3.63, 3.8) is 0 Å². The van der Waals surface area contributed by atoms with E-state index >= 15 is 0 Å². The Morgan fingerprint density at radius 1 is 1.00 bits per heavy atom. The van der Waals surface area contributed by atoms with Crippen LogP contribution in [0.3, 0.4) is 0 Å². The van der Waals surface area contributed by atoms with E-state index in [1.54, 1.807) is 0 Å². The van der Waals surface area contributed by atoms with Crippen LogP contribution < -0.4 is 5.32 Å². The highest BCUT2D eigenvalue weighted by Crippen LogP contribution is 2.31. The molecule has 0 aromatic rings. The maximum atomic E-state index is 3.48. The standard InChI is InChI=1S/C13H28N2.ClH/c1-4-13(5-2,6-3)12-15-10-7-8-14-9-11-15;/h14H,4-12H2,1-3H3;1H. The summed E-state index contributed by atoms with van der Waals surface area (Å²) in [7, 11) is 0. The van der Waals surface area contributed by atoms with E-state index in [0.717, 1.165) is 0 Å². The van der Waals surface area contributed by atoms with E-state index in [2.05, 4.69) is 31.0 Å². The SMILES string of the molecule is CCC(CC)(CC)CN1CCCNCC1.Cl. The smallest absolute Gasteiger partial charge is 0.0107 e. The minimum Gasteiger partial charge on any atom is -0.315 e. The fourth-order valence-electron chi connectivity index (χ4n) is 2.62. The topological polar surface area (TPSA) is 15.3 Å². The highest BCUT2D eigenvalue weighted by molar-refractivity contribution is 5.85. The molecule has 1 aliphatic rings. The van der Waals surface area contributed by atoms with Crippen molar-refractivity contribution in [1.29, 1.82) is 0 Å². The average Bonchev–Trinajstić information content (AvgIpc) is 2.54. The van der Waals surface area contributed by atoms with E-state index in [-0.39, 0.29) is 12.4 Å². The molecule has 1 fully saturated rings. The monoisotopic (exact) mass is 248 g/mol. The number of hydrogen-bond donors (Lipinski definition) is 1. The van der Waals surface area contributed by atoms with Gasteiger partial charge in [-0.3, -0.25) is 0 Å². The quantitative estimate of drug-likeness (QED) is 0.805. The summed E-state index contributed by atoms with van der Waals surface area (Å²) in [6, 6.07) is 0. The van der Waals surface area contributed by atoms with Gasteiger partial charge in [0.25, 0.3) is 0 Å². The minimum atomic E-state index is 0. The molecule has 3 heteroatoms. The molecule has 1 N–H and O–H groups in total. The van der Waals surface area contributed by atoms with E-state index in [4.69, 9.17) is 0 Å². The summed E-state index contributed by atoms with van der Waals surface area (Å²) in [6.45, 7) is 13.3. The first-order valence-electron chi connectivity index (χ1n) is 6.69. The molecule has 0 unspecified atom stereocenters. The number of nitrogens with zero attached hydrogens (tertiary/aromatic N) is 1. The van der Waals surface area contributed by atoms with Gasteiger partial charge in [-0.15, -0.1) is 12.4 Å². The van der Waals surface area contributed by atoms with Gasteiger partial charge in [-0.2, -0.15) is 0 Å². The third-order valence-electron chi connectivity index (χ3n) is 4.24. The van der Waals surface area contributed by atoms with Crippen LogP contribution in [0.15, 0.2) is 0 Å². The Morgan fingerprint density at radius 3 is 2.19 bits per heavy atom. The molecule has 0 radical (unpaired) electrons. The summed E-state index contributed by atoms with van der Waals surface area (Å²) in [5.41, 5.74) is 0.574. The molecule has 0 atom stereocenters. The predicted octanol–water partition coefficient (Wildman–Crippen LogP) is 2.92. The van der Waals surface area contributed by atoms with Crippen LogP contribution in [-0.2, 0) is 0 Å². The Kier molecular flexibility index (Phi) is 8.43. The molecule has 1 saturated heterocycles. The Bertz CT molecular complexity index is 153. The van der Waals surface area contributed by atoms with Gasteiger partial charge in [-0.25, -0.2) is 0 Å². The molecule has 16 heavy (non-hydrogen) atoms. The Morgan fingerprint density at radius 2 is 1.62 bits per heavy atom. The van der Waals surface area contributed by atoms with Gasteiger partial charge >= 0.3 is 0 Å². The van der Waals surface area contributed by atoms with Crippen molar-refractivity contribution in [3.05, 3.63) is 0 Å². The fourth-order valence-corrected chi connectivity index (χ4v) is 2.62. The zero-order valence-electron chi connectivity index (χ0n) is 11.2. The van der Waals surface area contributed by atoms with E-state index in [0.29, 0.717) is 5.41 Å². The number of rotatable bonds is 5. The lowest BCUT2D eigenvalue weighted by atomic mass is 9.79. The van der Waals surface area contributed by atoms with Crippen LogP contribution in [0.5, 0.6) is 0 Å². The molecule has 1 aliphatic heterocycles. The van der Waals surface area contributed by atoms with Gasteiger partial charge in [0, 0.05) is 19.6 Å². The van der Waals surface area contributed by atoms with Crippen molar-refractivity contribution in [1.82, 2.24) is 10.2 Å². The third-order valence-corrected chi connectivity index (χ3v) is 4.24. The van der Waals surface area contributed by atoms with Gasteiger partial charge in [0.15, 0.2) is 0 Å². The van der Waals surface area contributed by atoms with E-state index < -0.39 is 0 Å². The molecule has 0 aromatic carbocycles. The van der Waals surface area contributed by atoms with Crippen molar-refractivity contribution in [2.24, 2.45) is 5.41 Å².